The molecule has 1 aliphatic rings. The van der Waals surface area contributed by atoms with Gasteiger partial charge >= 0.3 is 0 Å². The van der Waals surface area contributed by atoms with Crippen molar-refractivity contribution in [1.29, 1.82) is 0 Å². The van der Waals surface area contributed by atoms with Crippen LogP contribution in [0.25, 0.3) is 11.1 Å². The zero-order chi connectivity index (χ0) is 28.2. The van der Waals surface area contributed by atoms with E-state index in [4.69, 9.17) is 4.98 Å². The summed E-state index contributed by atoms with van der Waals surface area (Å²) in [6.07, 6.45) is 5.67. The lowest BCUT2D eigenvalue weighted by atomic mass is 9.79. The number of nitrogens with zero attached hydrogens (tertiary/aromatic N) is 3. The largest absolute Gasteiger partial charge is 0.371 e. The lowest BCUT2D eigenvalue weighted by Gasteiger charge is -2.42. The maximum absolute atomic E-state index is 5.13. The van der Waals surface area contributed by atoms with Crippen LogP contribution in [0.15, 0.2) is 53.5 Å². The Morgan fingerprint density at radius 1 is 0.872 bits per heavy atom. The average Bonchev–Trinajstić information content (AvgIpc) is 2.90. The fraction of sp³-hybridized carbons (Fsp3) is 0.500. The SMILES string of the molecule is C=NCC1(C)CCN(c2c(-c3ccc(CCCc4ccc(C)cc4)cc3)c(C)nc(C)c2C(C)C(C)C)CC1. The molecule has 0 spiro atoms. The number of aliphatic imine (C=N–C) groups is 1. The van der Waals surface area contributed by atoms with Gasteiger partial charge in [-0.1, -0.05) is 81.8 Å². The maximum Gasteiger partial charge on any atom is 0.0517 e. The van der Waals surface area contributed by atoms with E-state index in [0.29, 0.717) is 11.8 Å². The van der Waals surface area contributed by atoms with E-state index in [1.165, 1.54) is 51.2 Å². The van der Waals surface area contributed by atoms with Gasteiger partial charge in [0, 0.05) is 42.1 Å². The number of piperidine rings is 1. The topological polar surface area (TPSA) is 28.5 Å². The molecule has 3 nitrogen and oxygen atoms in total. The van der Waals surface area contributed by atoms with Crippen LogP contribution >= 0.6 is 0 Å². The summed E-state index contributed by atoms with van der Waals surface area (Å²) in [5.41, 5.74) is 12.2. The predicted molar refractivity (Wildman–Crippen MR) is 170 cm³/mol. The first-order valence-electron chi connectivity index (χ1n) is 15.0. The molecule has 1 atom stereocenters. The molecule has 2 aromatic carbocycles. The van der Waals surface area contributed by atoms with Gasteiger partial charge in [0.25, 0.3) is 0 Å². The Kier molecular flexibility index (Phi) is 9.31. The lowest BCUT2D eigenvalue weighted by molar-refractivity contribution is 0.259. The minimum atomic E-state index is 0.250. The zero-order valence-corrected chi connectivity index (χ0v) is 25.5. The third-order valence-corrected chi connectivity index (χ3v) is 9.11. The Labute approximate surface area is 237 Å². The Morgan fingerprint density at radius 2 is 1.44 bits per heavy atom. The van der Waals surface area contributed by atoms with Gasteiger partial charge in [0.05, 0.1) is 5.69 Å². The first-order valence-corrected chi connectivity index (χ1v) is 15.0. The minimum absolute atomic E-state index is 0.250. The molecule has 0 saturated carbocycles. The number of hydrogen-bond donors (Lipinski definition) is 0. The highest BCUT2D eigenvalue weighted by Gasteiger charge is 2.33. The van der Waals surface area contributed by atoms with E-state index < -0.39 is 0 Å². The summed E-state index contributed by atoms with van der Waals surface area (Å²) in [5.74, 6) is 0.992. The molecule has 1 aliphatic heterocycles. The molecular formula is C36H49N3. The lowest BCUT2D eigenvalue weighted by Crippen LogP contribution is -2.41. The van der Waals surface area contributed by atoms with Crippen molar-refractivity contribution >= 4 is 12.4 Å². The molecule has 1 saturated heterocycles. The predicted octanol–water partition coefficient (Wildman–Crippen LogP) is 8.92. The smallest absolute Gasteiger partial charge is 0.0517 e. The number of pyridine rings is 1. The van der Waals surface area contributed by atoms with Crippen LogP contribution < -0.4 is 4.90 Å². The second-order valence-electron chi connectivity index (χ2n) is 12.7. The van der Waals surface area contributed by atoms with Crippen molar-refractivity contribution in [3.05, 3.63) is 82.2 Å². The van der Waals surface area contributed by atoms with Gasteiger partial charge in [0.15, 0.2) is 0 Å². The van der Waals surface area contributed by atoms with Crippen molar-refractivity contribution < 1.29 is 0 Å². The molecular weight excluding hydrogens is 474 g/mol. The second kappa shape index (κ2) is 12.5. The van der Waals surface area contributed by atoms with E-state index in [1.807, 2.05) is 0 Å². The van der Waals surface area contributed by atoms with Crippen LogP contribution in [0, 0.1) is 32.1 Å². The van der Waals surface area contributed by atoms with Gasteiger partial charge in [0.2, 0.25) is 0 Å². The third-order valence-electron chi connectivity index (χ3n) is 9.11. The van der Waals surface area contributed by atoms with Crippen molar-refractivity contribution in [2.45, 2.75) is 86.5 Å². The first kappa shape index (κ1) is 29.1. The van der Waals surface area contributed by atoms with Gasteiger partial charge in [-0.15, -0.1) is 0 Å². The van der Waals surface area contributed by atoms with E-state index in [-0.39, 0.29) is 5.41 Å². The molecule has 39 heavy (non-hydrogen) atoms. The minimum Gasteiger partial charge on any atom is -0.371 e. The molecule has 2 heterocycles. The van der Waals surface area contributed by atoms with Crippen LogP contribution in [0.1, 0.15) is 86.5 Å². The van der Waals surface area contributed by atoms with Gasteiger partial charge in [-0.3, -0.25) is 4.98 Å². The molecule has 0 bridgehead atoms. The number of benzene rings is 2. The molecule has 0 amide bonds. The number of hydrogen-bond acceptors (Lipinski definition) is 3. The third kappa shape index (κ3) is 6.80. The highest BCUT2D eigenvalue weighted by atomic mass is 15.1. The Balaban J connectivity index is 1.64. The van der Waals surface area contributed by atoms with E-state index in [2.05, 4.69) is 114 Å². The van der Waals surface area contributed by atoms with Gasteiger partial charge in [-0.05, 0) is 93.5 Å². The monoisotopic (exact) mass is 523 g/mol. The molecule has 0 aliphatic carbocycles. The summed E-state index contributed by atoms with van der Waals surface area (Å²) in [6.45, 7) is 22.7. The highest BCUT2D eigenvalue weighted by Crippen LogP contribution is 2.45. The van der Waals surface area contributed by atoms with Crippen LogP contribution in [-0.4, -0.2) is 31.3 Å². The van der Waals surface area contributed by atoms with Gasteiger partial charge in [0.1, 0.15) is 0 Å². The summed E-state index contributed by atoms with van der Waals surface area (Å²) in [6, 6.07) is 18.3. The quantitative estimate of drug-likeness (QED) is 0.248. The second-order valence-corrected chi connectivity index (χ2v) is 12.7. The van der Waals surface area contributed by atoms with Crippen LogP contribution in [-0.2, 0) is 12.8 Å². The van der Waals surface area contributed by atoms with Crippen LogP contribution in [0.2, 0.25) is 0 Å². The fourth-order valence-electron chi connectivity index (χ4n) is 6.19. The number of rotatable bonds is 10. The van der Waals surface area contributed by atoms with Crippen molar-refractivity contribution in [2.24, 2.45) is 16.3 Å². The number of anilines is 1. The van der Waals surface area contributed by atoms with Crippen molar-refractivity contribution in [1.82, 2.24) is 4.98 Å². The first-order chi connectivity index (χ1) is 18.6. The highest BCUT2D eigenvalue weighted by molar-refractivity contribution is 5.84. The summed E-state index contributed by atoms with van der Waals surface area (Å²) in [7, 11) is 0. The molecule has 0 radical (unpaired) electrons. The van der Waals surface area contributed by atoms with E-state index in [0.717, 1.165) is 51.0 Å². The van der Waals surface area contributed by atoms with Crippen molar-refractivity contribution in [2.75, 3.05) is 24.5 Å². The molecule has 4 rings (SSSR count). The Hall–Kier alpha value is -2.94. The summed E-state index contributed by atoms with van der Waals surface area (Å²) in [4.78, 5) is 12.0. The van der Waals surface area contributed by atoms with Gasteiger partial charge < -0.3 is 9.89 Å². The van der Waals surface area contributed by atoms with Crippen LogP contribution in [0.5, 0.6) is 0 Å². The fourth-order valence-corrected chi connectivity index (χ4v) is 6.19. The normalized spacial score (nSPS) is 15.9. The van der Waals surface area contributed by atoms with E-state index >= 15 is 0 Å². The van der Waals surface area contributed by atoms with E-state index in [9.17, 15) is 0 Å². The molecule has 3 heteroatoms. The average molecular weight is 524 g/mol. The standard InChI is InChI=1S/C36H49N3/c1-25(2)27(4)33-28(5)38-29(6)34(35(33)39-22-20-36(7,21-23-39)24-37-8)32-18-16-31(17-19-32)11-9-10-30-14-12-26(3)13-15-30/h12-19,25,27H,8-11,20-24H2,1-7H3. The molecule has 208 valence electrons. The molecule has 1 aromatic heterocycles. The summed E-state index contributed by atoms with van der Waals surface area (Å²) < 4.78 is 0. The molecule has 1 fully saturated rings. The van der Waals surface area contributed by atoms with Crippen molar-refractivity contribution in [3.8, 4) is 11.1 Å². The maximum atomic E-state index is 5.13. The van der Waals surface area contributed by atoms with E-state index in [1.54, 1.807) is 0 Å². The van der Waals surface area contributed by atoms with Crippen molar-refractivity contribution in [3.63, 3.8) is 0 Å². The summed E-state index contributed by atoms with van der Waals surface area (Å²) in [5, 5.41) is 0. The molecule has 3 aromatic rings. The zero-order valence-electron chi connectivity index (χ0n) is 25.5. The number of aryl methyl sites for hydroxylation is 5. The van der Waals surface area contributed by atoms with Gasteiger partial charge in [-0.2, -0.15) is 0 Å². The molecule has 1 unspecified atom stereocenters. The van der Waals surface area contributed by atoms with Gasteiger partial charge in [-0.25, -0.2) is 0 Å². The number of aromatic nitrogens is 1. The Morgan fingerprint density at radius 3 is 1.97 bits per heavy atom. The van der Waals surface area contributed by atoms with Crippen LogP contribution in [0.3, 0.4) is 0 Å². The molecule has 0 N–H and O–H groups in total. The van der Waals surface area contributed by atoms with Crippen LogP contribution in [0.4, 0.5) is 5.69 Å². The Bertz CT molecular complexity index is 1250. The summed E-state index contributed by atoms with van der Waals surface area (Å²) >= 11 is 0.